The van der Waals surface area contributed by atoms with Gasteiger partial charge in [0.2, 0.25) is 5.91 Å². The van der Waals surface area contributed by atoms with Crippen LogP contribution in [0.5, 0.6) is 5.75 Å². The van der Waals surface area contributed by atoms with Crippen LogP contribution in [0, 0.1) is 0 Å². The summed E-state index contributed by atoms with van der Waals surface area (Å²) in [7, 11) is 1.70. The number of ether oxygens (including phenoxy) is 1. The van der Waals surface area contributed by atoms with Crippen LogP contribution in [0.25, 0.3) is 0 Å². The fourth-order valence-electron chi connectivity index (χ4n) is 3.74. The molecule has 0 radical (unpaired) electrons. The Hall–Kier alpha value is -2.47. The maximum absolute atomic E-state index is 12.3. The number of carbonyl (C=O) groups is 1. The molecule has 1 atom stereocenters. The molecule has 6 heteroatoms. The normalized spacial score (nSPS) is 17.9. The number of carbonyl (C=O) groups excluding carboxylic acids is 1. The van der Waals surface area contributed by atoms with Gasteiger partial charge in [0.25, 0.3) is 0 Å². The second-order valence-electron chi connectivity index (χ2n) is 7.11. The van der Waals surface area contributed by atoms with Gasteiger partial charge >= 0.3 is 0 Å². The number of hydrogen-bond donors (Lipinski definition) is 0. The number of aromatic nitrogens is 2. The van der Waals surface area contributed by atoms with Gasteiger partial charge in [-0.2, -0.15) is 0 Å². The van der Waals surface area contributed by atoms with Crippen molar-refractivity contribution in [1.29, 1.82) is 0 Å². The van der Waals surface area contributed by atoms with Crippen molar-refractivity contribution in [2.45, 2.75) is 45.3 Å². The third kappa shape index (κ3) is 5.50. The average molecular weight is 368 g/mol. The molecule has 0 N–H and O–H groups in total. The summed E-state index contributed by atoms with van der Waals surface area (Å²) in [6.45, 7) is 5.18. The van der Waals surface area contributed by atoms with E-state index in [9.17, 15) is 4.79 Å². The Labute approximate surface area is 161 Å². The molecular weight excluding hydrogens is 340 g/mol. The number of methoxy groups -OCH3 is 1. The third-order valence-electron chi connectivity index (χ3n) is 5.14. The van der Waals surface area contributed by atoms with Crippen molar-refractivity contribution in [2.24, 2.45) is 0 Å². The number of rotatable bonds is 6. The van der Waals surface area contributed by atoms with E-state index in [0.717, 1.165) is 50.2 Å². The summed E-state index contributed by atoms with van der Waals surface area (Å²) < 4.78 is 5.33. The Morgan fingerprint density at radius 1 is 1.22 bits per heavy atom. The molecule has 2 aromatic rings. The Balaban J connectivity index is 1.61. The highest BCUT2D eigenvalue weighted by atomic mass is 16.5. The van der Waals surface area contributed by atoms with E-state index >= 15 is 0 Å². The van der Waals surface area contributed by atoms with Crippen molar-refractivity contribution < 1.29 is 9.53 Å². The predicted octanol–water partition coefficient (Wildman–Crippen LogP) is 2.89. The molecular formula is C21H28N4O2. The van der Waals surface area contributed by atoms with Gasteiger partial charge in [0, 0.05) is 50.6 Å². The summed E-state index contributed by atoms with van der Waals surface area (Å²) in [5, 5.41) is 0. The second-order valence-corrected chi connectivity index (χ2v) is 7.11. The molecule has 144 valence electrons. The first kappa shape index (κ1) is 19.3. The minimum atomic E-state index is 0.116. The standard InChI is InChI=1S/C21H28N4O2/c1-17(26)25(15-19-12-22-16-23-13-19)20-6-4-9-24(10-8-20)14-18-5-3-7-21(11-18)27-2/h3,5,7,11-13,16,20H,4,6,8-10,14-15H2,1-2H3. The molecule has 1 amide bonds. The largest absolute Gasteiger partial charge is 0.497 e. The molecule has 1 aromatic carbocycles. The van der Waals surface area contributed by atoms with Crippen LogP contribution in [0.2, 0.25) is 0 Å². The Morgan fingerprint density at radius 3 is 2.78 bits per heavy atom. The quantitative estimate of drug-likeness (QED) is 0.785. The van der Waals surface area contributed by atoms with Gasteiger partial charge in [0.15, 0.2) is 0 Å². The van der Waals surface area contributed by atoms with Gasteiger partial charge in [-0.05, 0) is 43.5 Å². The van der Waals surface area contributed by atoms with Gasteiger partial charge in [-0.25, -0.2) is 9.97 Å². The third-order valence-corrected chi connectivity index (χ3v) is 5.14. The molecule has 27 heavy (non-hydrogen) atoms. The van der Waals surface area contributed by atoms with Crippen molar-refractivity contribution in [2.75, 3.05) is 20.2 Å². The summed E-state index contributed by atoms with van der Waals surface area (Å²) in [6, 6.07) is 8.51. The van der Waals surface area contributed by atoms with Crippen LogP contribution in [0.4, 0.5) is 0 Å². The van der Waals surface area contributed by atoms with Gasteiger partial charge in [-0.15, -0.1) is 0 Å². The lowest BCUT2D eigenvalue weighted by Crippen LogP contribution is -2.39. The maximum atomic E-state index is 12.3. The van der Waals surface area contributed by atoms with Gasteiger partial charge in [0.05, 0.1) is 7.11 Å². The highest BCUT2D eigenvalue weighted by molar-refractivity contribution is 5.73. The number of nitrogens with zero attached hydrogens (tertiary/aromatic N) is 4. The fraction of sp³-hybridized carbons (Fsp3) is 0.476. The van der Waals surface area contributed by atoms with E-state index in [2.05, 4.69) is 27.0 Å². The molecule has 0 aliphatic carbocycles. The minimum Gasteiger partial charge on any atom is -0.497 e. The number of benzene rings is 1. The van der Waals surface area contributed by atoms with E-state index in [1.807, 2.05) is 17.0 Å². The van der Waals surface area contributed by atoms with E-state index < -0.39 is 0 Å². The van der Waals surface area contributed by atoms with Crippen LogP contribution in [-0.2, 0) is 17.9 Å². The first-order valence-electron chi connectivity index (χ1n) is 9.52. The lowest BCUT2D eigenvalue weighted by Gasteiger charge is -2.30. The SMILES string of the molecule is COc1cccc(CN2CCCC(N(Cc3cncnc3)C(C)=O)CC2)c1. The molecule has 1 unspecified atom stereocenters. The van der Waals surface area contributed by atoms with E-state index in [1.165, 1.54) is 11.9 Å². The highest BCUT2D eigenvalue weighted by Gasteiger charge is 2.25. The second kappa shape index (κ2) is 9.46. The molecule has 1 saturated heterocycles. The molecule has 0 spiro atoms. The topological polar surface area (TPSA) is 58.6 Å². The number of amides is 1. The summed E-state index contributed by atoms with van der Waals surface area (Å²) in [4.78, 5) is 24.8. The summed E-state index contributed by atoms with van der Waals surface area (Å²) in [5.41, 5.74) is 2.24. The van der Waals surface area contributed by atoms with Crippen LogP contribution in [0.3, 0.4) is 0 Å². The minimum absolute atomic E-state index is 0.116. The zero-order valence-corrected chi connectivity index (χ0v) is 16.2. The van der Waals surface area contributed by atoms with Gasteiger partial charge in [-0.3, -0.25) is 9.69 Å². The number of hydrogen-bond acceptors (Lipinski definition) is 5. The molecule has 3 rings (SSSR count). The zero-order chi connectivity index (χ0) is 19.1. The Kier molecular flexibility index (Phi) is 6.76. The van der Waals surface area contributed by atoms with Crippen molar-refractivity contribution in [3.8, 4) is 5.75 Å². The van der Waals surface area contributed by atoms with E-state index in [1.54, 1.807) is 26.4 Å². The Bertz CT molecular complexity index is 738. The molecule has 1 fully saturated rings. The van der Waals surface area contributed by atoms with Crippen molar-refractivity contribution in [1.82, 2.24) is 19.8 Å². The lowest BCUT2D eigenvalue weighted by molar-refractivity contribution is -0.132. The van der Waals surface area contributed by atoms with Crippen LogP contribution >= 0.6 is 0 Å². The monoisotopic (exact) mass is 368 g/mol. The molecule has 6 nitrogen and oxygen atoms in total. The summed E-state index contributed by atoms with van der Waals surface area (Å²) in [6.07, 6.45) is 8.19. The van der Waals surface area contributed by atoms with Crippen molar-refractivity contribution in [3.05, 3.63) is 54.1 Å². The molecule has 1 aliphatic rings. The average Bonchev–Trinajstić information content (AvgIpc) is 2.92. The molecule has 0 bridgehead atoms. The van der Waals surface area contributed by atoms with Crippen LogP contribution in [0.1, 0.15) is 37.3 Å². The molecule has 0 saturated carbocycles. The van der Waals surface area contributed by atoms with Gasteiger partial charge in [-0.1, -0.05) is 12.1 Å². The smallest absolute Gasteiger partial charge is 0.219 e. The van der Waals surface area contributed by atoms with Crippen LogP contribution in [0.15, 0.2) is 43.0 Å². The molecule has 1 aromatic heterocycles. The zero-order valence-electron chi connectivity index (χ0n) is 16.2. The van der Waals surface area contributed by atoms with Crippen molar-refractivity contribution >= 4 is 5.91 Å². The number of likely N-dealkylation sites (tertiary alicyclic amines) is 1. The van der Waals surface area contributed by atoms with E-state index in [-0.39, 0.29) is 11.9 Å². The summed E-state index contributed by atoms with van der Waals surface area (Å²) in [5.74, 6) is 1.01. The van der Waals surface area contributed by atoms with E-state index in [4.69, 9.17) is 4.74 Å². The highest BCUT2D eigenvalue weighted by Crippen LogP contribution is 2.21. The van der Waals surface area contributed by atoms with Crippen LogP contribution < -0.4 is 4.74 Å². The Morgan fingerprint density at radius 2 is 2.04 bits per heavy atom. The van der Waals surface area contributed by atoms with Crippen LogP contribution in [-0.4, -0.2) is 51.9 Å². The van der Waals surface area contributed by atoms with Gasteiger partial charge < -0.3 is 9.64 Å². The fourth-order valence-corrected chi connectivity index (χ4v) is 3.74. The predicted molar refractivity (Wildman–Crippen MR) is 104 cm³/mol. The van der Waals surface area contributed by atoms with Crippen molar-refractivity contribution in [3.63, 3.8) is 0 Å². The van der Waals surface area contributed by atoms with Gasteiger partial charge in [0.1, 0.15) is 12.1 Å². The maximum Gasteiger partial charge on any atom is 0.219 e. The molecule has 2 heterocycles. The van der Waals surface area contributed by atoms with E-state index in [0.29, 0.717) is 6.54 Å². The first-order chi connectivity index (χ1) is 13.2. The lowest BCUT2D eigenvalue weighted by atomic mass is 10.1. The molecule has 1 aliphatic heterocycles. The summed E-state index contributed by atoms with van der Waals surface area (Å²) >= 11 is 0. The first-order valence-corrected chi connectivity index (χ1v) is 9.52.